The van der Waals surface area contributed by atoms with Gasteiger partial charge in [-0.1, -0.05) is 23.3 Å². The molecule has 0 aliphatic heterocycles. The van der Waals surface area contributed by atoms with Crippen LogP contribution in [-0.4, -0.2) is 4.57 Å². The van der Waals surface area contributed by atoms with Crippen molar-refractivity contribution in [1.29, 1.82) is 0 Å². The fourth-order valence-electron chi connectivity index (χ4n) is 2.60. The van der Waals surface area contributed by atoms with Crippen molar-refractivity contribution in [2.45, 2.75) is 46.7 Å². The summed E-state index contributed by atoms with van der Waals surface area (Å²) in [5.74, 6) is -0.214. The Bertz CT molecular complexity index is 704. The smallest absolute Gasteiger partial charge is 0.123 e. The zero-order valence-corrected chi connectivity index (χ0v) is 13.7. The average molecular weight is 300 g/mol. The molecule has 0 unspecified atom stereocenters. The van der Waals surface area contributed by atoms with Crippen LogP contribution in [0.2, 0.25) is 0 Å². The van der Waals surface area contributed by atoms with Crippen molar-refractivity contribution in [1.82, 2.24) is 4.57 Å². The van der Waals surface area contributed by atoms with Crippen LogP contribution in [0.1, 0.15) is 39.2 Å². The summed E-state index contributed by atoms with van der Waals surface area (Å²) in [6.07, 6.45) is 8.68. The second-order valence-corrected chi connectivity index (χ2v) is 6.04. The van der Waals surface area contributed by atoms with Gasteiger partial charge in [-0.3, -0.25) is 0 Å². The first-order valence-electron chi connectivity index (χ1n) is 7.77. The van der Waals surface area contributed by atoms with Gasteiger partial charge in [-0.15, -0.1) is 0 Å². The first-order valence-corrected chi connectivity index (χ1v) is 7.77. The summed E-state index contributed by atoms with van der Waals surface area (Å²) in [4.78, 5) is 0. The molecule has 2 rings (SSSR count). The van der Waals surface area contributed by atoms with Crippen LogP contribution in [0.5, 0.6) is 0 Å². The van der Waals surface area contributed by atoms with E-state index in [-0.39, 0.29) is 5.82 Å². The molecule has 1 aromatic carbocycles. The van der Waals surface area contributed by atoms with Gasteiger partial charge >= 0.3 is 0 Å². The van der Waals surface area contributed by atoms with Crippen molar-refractivity contribution in [3.8, 4) is 0 Å². The van der Waals surface area contributed by atoms with Crippen LogP contribution in [0.25, 0.3) is 10.9 Å². The normalized spacial score (nSPS) is 12.0. The van der Waals surface area contributed by atoms with Gasteiger partial charge in [0.2, 0.25) is 0 Å². The summed E-state index contributed by atoms with van der Waals surface area (Å²) in [7, 11) is 0. The van der Waals surface area contributed by atoms with E-state index in [0.717, 1.165) is 35.9 Å². The second-order valence-electron chi connectivity index (χ2n) is 6.04. The van der Waals surface area contributed by atoms with E-state index in [9.17, 15) is 4.39 Å². The van der Waals surface area contributed by atoms with Crippen LogP contribution in [0, 0.1) is 5.82 Å². The van der Waals surface area contributed by atoms with Gasteiger partial charge in [0.1, 0.15) is 5.82 Å². The summed E-state index contributed by atoms with van der Waals surface area (Å²) in [5.41, 5.74) is 10.5. The molecule has 118 valence electrons. The standard InChI is InChI=1S/C19H25FN2/c1-14(2)5-4-6-15(3)9-10-22-13-16(12-21)18-11-17(20)7-8-19(18)22/h5,7-9,11,13H,4,6,10,12,21H2,1-3H3/b15-9+. The van der Waals surface area contributed by atoms with Crippen LogP contribution >= 0.6 is 0 Å². The molecule has 1 heterocycles. The molecule has 2 N–H and O–H groups in total. The summed E-state index contributed by atoms with van der Waals surface area (Å²) in [6, 6.07) is 4.90. The molecule has 2 nitrogen and oxygen atoms in total. The molecule has 2 aromatic rings. The first-order chi connectivity index (χ1) is 10.5. The van der Waals surface area contributed by atoms with Crippen molar-refractivity contribution >= 4 is 10.9 Å². The molecule has 22 heavy (non-hydrogen) atoms. The van der Waals surface area contributed by atoms with Crippen molar-refractivity contribution in [3.63, 3.8) is 0 Å². The van der Waals surface area contributed by atoms with Crippen LogP contribution < -0.4 is 5.73 Å². The molecule has 0 spiro atoms. The largest absolute Gasteiger partial charge is 0.343 e. The Kier molecular flexibility index (Phi) is 5.56. The Morgan fingerprint density at radius 2 is 2.00 bits per heavy atom. The molecule has 0 aliphatic carbocycles. The molecule has 0 saturated carbocycles. The Morgan fingerprint density at radius 3 is 2.68 bits per heavy atom. The first kappa shape index (κ1) is 16.5. The third-order valence-corrected chi connectivity index (χ3v) is 3.87. The van der Waals surface area contributed by atoms with Crippen molar-refractivity contribution in [2.75, 3.05) is 0 Å². The summed E-state index contributed by atoms with van der Waals surface area (Å²) in [5, 5.41) is 0.915. The average Bonchev–Trinajstić information content (AvgIpc) is 2.82. The number of benzene rings is 1. The lowest BCUT2D eigenvalue weighted by molar-refractivity contribution is 0.629. The van der Waals surface area contributed by atoms with Crippen molar-refractivity contribution in [2.24, 2.45) is 5.73 Å². The highest BCUT2D eigenvalue weighted by atomic mass is 19.1. The van der Waals surface area contributed by atoms with Gasteiger partial charge < -0.3 is 10.3 Å². The van der Waals surface area contributed by atoms with E-state index in [0.29, 0.717) is 6.54 Å². The monoisotopic (exact) mass is 300 g/mol. The van der Waals surface area contributed by atoms with E-state index in [1.807, 2.05) is 12.3 Å². The quantitative estimate of drug-likeness (QED) is 0.753. The van der Waals surface area contributed by atoms with Crippen LogP contribution in [0.4, 0.5) is 4.39 Å². The number of nitrogens with two attached hydrogens (primary N) is 1. The summed E-state index contributed by atoms with van der Waals surface area (Å²) in [6.45, 7) is 7.63. The molecule has 0 bridgehead atoms. The van der Waals surface area contributed by atoms with Gasteiger partial charge in [0.25, 0.3) is 0 Å². The maximum absolute atomic E-state index is 13.4. The highest BCUT2D eigenvalue weighted by Crippen LogP contribution is 2.22. The molecule has 0 aliphatic rings. The minimum atomic E-state index is -0.214. The molecule has 3 heteroatoms. The van der Waals surface area contributed by atoms with Crippen molar-refractivity contribution < 1.29 is 4.39 Å². The predicted octanol–water partition coefficient (Wildman–Crippen LogP) is 4.93. The Balaban J connectivity index is 2.16. The fraction of sp³-hybridized carbons (Fsp3) is 0.368. The topological polar surface area (TPSA) is 30.9 Å². The zero-order chi connectivity index (χ0) is 16.1. The van der Waals surface area contributed by atoms with Gasteiger partial charge in [0.05, 0.1) is 0 Å². The van der Waals surface area contributed by atoms with Crippen molar-refractivity contribution in [3.05, 3.63) is 59.1 Å². The highest BCUT2D eigenvalue weighted by molar-refractivity contribution is 5.84. The molecule has 1 aromatic heterocycles. The third kappa shape index (κ3) is 4.08. The number of fused-ring (bicyclic) bond motifs is 1. The minimum absolute atomic E-state index is 0.214. The summed E-state index contributed by atoms with van der Waals surface area (Å²) < 4.78 is 15.6. The van der Waals surface area contributed by atoms with E-state index in [1.54, 1.807) is 6.07 Å². The third-order valence-electron chi connectivity index (χ3n) is 3.87. The number of nitrogens with zero attached hydrogens (tertiary/aromatic N) is 1. The molecule has 0 amide bonds. The van der Waals surface area contributed by atoms with E-state index in [2.05, 4.69) is 37.5 Å². The lowest BCUT2D eigenvalue weighted by atomic mass is 10.1. The maximum Gasteiger partial charge on any atom is 0.123 e. The van der Waals surface area contributed by atoms with Gasteiger partial charge in [-0.05, 0) is 57.4 Å². The van der Waals surface area contributed by atoms with Gasteiger partial charge in [-0.25, -0.2) is 4.39 Å². The van der Waals surface area contributed by atoms with Gasteiger partial charge in [-0.2, -0.15) is 0 Å². The summed E-state index contributed by atoms with van der Waals surface area (Å²) >= 11 is 0. The van der Waals surface area contributed by atoms with Crippen LogP contribution in [0.3, 0.4) is 0 Å². The van der Waals surface area contributed by atoms with E-state index in [1.165, 1.54) is 17.2 Å². The predicted molar refractivity (Wildman–Crippen MR) is 92.2 cm³/mol. The number of hydrogen-bond donors (Lipinski definition) is 1. The van der Waals surface area contributed by atoms with Crippen LogP contribution in [0.15, 0.2) is 47.7 Å². The minimum Gasteiger partial charge on any atom is -0.343 e. The Morgan fingerprint density at radius 1 is 1.23 bits per heavy atom. The molecule has 0 saturated heterocycles. The second kappa shape index (κ2) is 7.41. The molecular formula is C19H25FN2. The zero-order valence-electron chi connectivity index (χ0n) is 13.7. The lowest BCUT2D eigenvalue weighted by Gasteiger charge is -2.04. The molecule has 0 atom stereocenters. The number of aromatic nitrogens is 1. The SMILES string of the molecule is CC(C)=CCC/C(C)=C/Cn1cc(CN)c2cc(F)ccc21. The number of rotatable bonds is 6. The Labute approximate surface area is 132 Å². The van der Waals surface area contributed by atoms with Crippen LogP contribution in [-0.2, 0) is 13.1 Å². The van der Waals surface area contributed by atoms with E-state index < -0.39 is 0 Å². The van der Waals surface area contributed by atoms with E-state index >= 15 is 0 Å². The maximum atomic E-state index is 13.4. The van der Waals surface area contributed by atoms with Gasteiger partial charge in [0, 0.05) is 30.2 Å². The number of halogens is 1. The van der Waals surface area contributed by atoms with E-state index in [4.69, 9.17) is 5.73 Å². The highest BCUT2D eigenvalue weighted by Gasteiger charge is 2.07. The number of allylic oxidation sites excluding steroid dienone is 4. The number of hydrogen-bond acceptors (Lipinski definition) is 1. The fourth-order valence-corrected chi connectivity index (χ4v) is 2.60. The Hall–Kier alpha value is -1.87. The van der Waals surface area contributed by atoms with Gasteiger partial charge in [0.15, 0.2) is 0 Å². The molecular weight excluding hydrogens is 275 g/mol. The molecule has 0 radical (unpaired) electrons. The lowest BCUT2D eigenvalue weighted by Crippen LogP contribution is -1.96. The molecule has 0 fully saturated rings.